The molecule has 1 fully saturated rings. The van der Waals surface area contributed by atoms with E-state index in [4.69, 9.17) is 4.74 Å². The van der Waals surface area contributed by atoms with Crippen molar-refractivity contribution in [1.82, 2.24) is 14.8 Å². The summed E-state index contributed by atoms with van der Waals surface area (Å²) in [6.07, 6.45) is 1.83. The minimum Gasteiger partial charge on any atom is -0.483 e. The Balaban J connectivity index is 1.57. The van der Waals surface area contributed by atoms with Gasteiger partial charge in [0.1, 0.15) is 29.5 Å². The first-order valence-electron chi connectivity index (χ1n) is 12.3. The highest BCUT2D eigenvalue weighted by atomic mass is 19.1. The average Bonchev–Trinajstić information content (AvgIpc) is 3.02. The summed E-state index contributed by atoms with van der Waals surface area (Å²) in [7, 11) is 0. The number of hydrogen-bond acceptors (Lipinski definition) is 4. The Morgan fingerprint density at radius 1 is 1.16 bits per heavy atom. The van der Waals surface area contributed by atoms with Crippen LogP contribution in [0, 0.1) is 11.6 Å². The molecule has 2 amide bonds. The number of ether oxygens (including phenoxy) is 1. The number of carbonyl (C=O) groups is 2. The van der Waals surface area contributed by atoms with Gasteiger partial charge in [0, 0.05) is 37.5 Å². The number of benzene rings is 2. The highest BCUT2D eigenvalue weighted by molar-refractivity contribution is 5.99. The van der Waals surface area contributed by atoms with E-state index >= 15 is 4.39 Å². The van der Waals surface area contributed by atoms with Crippen molar-refractivity contribution in [3.8, 4) is 5.75 Å². The number of rotatable bonds is 6. The zero-order valence-electron chi connectivity index (χ0n) is 20.7. The molecule has 0 radical (unpaired) electrons. The number of hydrogen-bond donors (Lipinski definition) is 1. The molecular weight excluding hydrogens is 499 g/mol. The van der Waals surface area contributed by atoms with Gasteiger partial charge < -0.3 is 19.5 Å². The van der Waals surface area contributed by atoms with Crippen molar-refractivity contribution in [1.29, 1.82) is 0 Å². The number of aromatic nitrogens is 1. The maximum Gasteiger partial charge on any atom is 0.274 e. The Morgan fingerprint density at radius 3 is 2.66 bits per heavy atom. The highest BCUT2D eigenvalue weighted by Crippen LogP contribution is 2.40. The molecular formula is C28H26F3N3O4. The second-order valence-electron chi connectivity index (χ2n) is 9.80. The molecule has 1 N–H and O–H groups in total. The lowest BCUT2D eigenvalue weighted by molar-refractivity contribution is 0.0516. The SMILES string of the molecule is C[C@@]1(F)CCCN2CC1n1cc(C(=O)NCc3ccc(F)cc3F)c(=O)c(OCc3ccccc3)c1C2=O. The Kier molecular flexibility index (Phi) is 6.73. The van der Waals surface area contributed by atoms with E-state index in [1.165, 1.54) is 28.7 Å². The van der Waals surface area contributed by atoms with Crippen molar-refractivity contribution >= 4 is 11.8 Å². The summed E-state index contributed by atoms with van der Waals surface area (Å²) in [6.45, 7) is 1.50. The molecule has 38 heavy (non-hydrogen) atoms. The predicted octanol–water partition coefficient (Wildman–Crippen LogP) is 4.15. The molecule has 0 aliphatic carbocycles. The fraction of sp³-hybridized carbons (Fsp3) is 0.321. The molecule has 0 spiro atoms. The van der Waals surface area contributed by atoms with E-state index in [-0.39, 0.29) is 48.7 Å². The minimum absolute atomic E-state index is 0.0179. The van der Waals surface area contributed by atoms with Crippen LogP contribution in [0.2, 0.25) is 0 Å². The third-order valence-corrected chi connectivity index (χ3v) is 7.12. The zero-order valence-corrected chi connectivity index (χ0v) is 20.7. The van der Waals surface area contributed by atoms with Crippen molar-refractivity contribution in [2.24, 2.45) is 0 Å². The monoisotopic (exact) mass is 525 g/mol. The van der Waals surface area contributed by atoms with Crippen LogP contribution in [0.4, 0.5) is 13.2 Å². The lowest BCUT2D eigenvalue weighted by Crippen LogP contribution is -2.49. The van der Waals surface area contributed by atoms with E-state index < -0.39 is 40.6 Å². The number of nitrogens with one attached hydrogen (secondary N) is 1. The van der Waals surface area contributed by atoms with Gasteiger partial charge in [0.2, 0.25) is 5.43 Å². The molecule has 2 aliphatic heterocycles. The van der Waals surface area contributed by atoms with Gasteiger partial charge in [-0.3, -0.25) is 14.4 Å². The van der Waals surface area contributed by atoms with Crippen molar-refractivity contribution in [3.05, 3.63) is 99.0 Å². The molecule has 1 aromatic heterocycles. The van der Waals surface area contributed by atoms with Crippen molar-refractivity contribution in [2.45, 2.75) is 44.6 Å². The molecule has 2 atom stereocenters. The normalized spacial score (nSPS) is 20.5. The topological polar surface area (TPSA) is 80.6 Å². The van der Waals surface area contributed by atoms with Crippen LogP contribution in [-0.4, -0.2) is 40.0 Å². The smallest absolute Gasteiger partial charge is 0.274 e. The lowest BCUT2D eigenvalue weighted by Gasteiger charge is -2.39. The van der Waals surface area contributed by atoms with Gasteiger partial charge in [-0.15, -0.1) is 0 Å². The number of carbonyl (C=O) groups excluding carboxylic acids is 2. The van der Waals surface area contributed by atoms with Crippen LogP contribution in [0.15, 0.2) is 59.5 Å². The van der Waals surface area contributed by atoms with E-state index in [9.17, 15) is 23.2 Å². The Hall–Kier alpha value is -4.08. The second-order valence-corrected chi connectivity index (χ2v) is 9.80. The average molecular weight is 526 g/mol. The fourth-order valence-electron chi connectivity index (χ4n) is 5.01. The molecule has 1 unspecified atom stereocenters. The van der Waals surface area contributed by atoms with Crippen molar-refractivity contribution in [2.75, 3.05) is 13.1 Å². The fourth-order valence-corrected chi connectivity index (χ4v) is 5.01. The van der Waals surface area contributed by atoms with Crippen LogP contribution in [0.1, 0.15) is 57.8 Å². The summed E-state index contributed by atoms with van der Waals surface area (Å²) in [6, 6.07) is 11.0. The molecule has 2 aromatic carbocycles. The summed E-state index contributed by atoms with van der Waals surface area (Å²) in [5, 5.41) is 2.46. The first-order valence-corrected chi connectivity index (χ1v) is 12.3. The van der Waals surface area contributed by atoms with Gasteiger partial charge in [-0.1, -0.05) is 36.4 Å². The molecule has 1 saturated heterocycles. The summed E-state index contributed by atoms with van der Waals surface area (Å²) in [5.74, 6) is -3.28. The molecule has 198 valence electrons. The van der Waals surface area contributed by atoms with Crippen molar-refractivity contribution in [3.63, 3.8) is 0 Å². The third-order valence-electron chi connectivity index (χ3n) is 7.12. The minimum atomic E-state index is -1.72. The predicted molar refractivity (Wildman–Crippen MR) is 133 cm³/mol. The summed E-state index contributed by atoms with van der Waals surface area (Å²) < 4.78 is 50.4. The molecule has 3 aromatic rings. The Bertz CT molecular complexity index is 1460. The van der Waals surface area contributed by atoms with Crippen LogP contribution in [-0.2, 0) is 13.2 Å². The third kappa shape index (κ3) is 4.78. The number of alkyl halides is 1. The maximum atomic E-state index is 15.8. The van der Waals surface area contributed by atoms with Gasteiger partial charge in [-0.2, -0.15) is 0 Å². The van der Waals surface area contributed by atoms with Gasteiger partial charge in [0.25, 0.3) is 11.8 Å². The first kappa shape index (κ1) is 25.6. The van der Waals surface area contributed by atoms with Crippen LogP contribution in [0.5, 0.6) is 5.75 Å². The van der Waals surface area contributed by atoms with E-state index in [0.29, 0.717) is 19.0 Å². The maximum absolute atomic E-state index is 15.8. The number of halogens is 3. The number of fused-ring (bicyclic) bond motifs is 4. The Labute approximate surface area is 216 Å². The van der Waals surface area contributed by atoms with Gasteiger partial charge in [0.05, 0.1) is 6.04 Å². The molecule has 5 rings (SSSR count). The van der Waals surface area contributed by atoms with Crippen LogP contribution >= 0.6 is 0 Å². The van der Waals surface area contributed by atoms with Crippen molar-refractivity contribution < 1.29 is 27.5 Å². The van der Waals surface area contributed by atoms with E-state index in [2.05, 4.69) is 5.32 Å². The second kappa shape index (κ2) is 10.00. The lowest BCUT2D eigenvalue weighted by atomic mass is 9.92. The van der Waals surface area contributed by atoms with Gasteiger partial charge >= 0.3 is 0 Å². The number of amides is 2. The van der Waals surface area contributed by atoms with E-state index in [1.807, 2.05) is 6.07 Å². The molecule has 2 bridgehead atoms. The molecule has 0 saturated carbocycles. The molecule has 2 aliphatic rings. The summed E-state index contributed by atoms with van der Waals surface area (Å²) in [5.41, 5.74) is -2.29. The summed E-state index contributed by atoms with van der Waals surface area (Å²) in [4.78, 5) is 41.6. The van der Waals surface area contributed by atoms with Crippen LogP contribution in [0.3, 0.4) is 0 Å². The largest absolute Gasteiger partial charge is 0.483 e. The number of pyridine rings is 1. The highest BCUT2D eigenvalue weighted by Gasteiger charge is 2.46. The summed E-state index contributed by atoms with van der Waals surface area (Å²) >= 11 is 0. The van der Waals surface area contributed by atoms with Crippen LogP contribution in [0.25, 0.3) is 0 Å². The van der Waals surface area contributed by atoms with Gasteiger partial charge in [-0.25, -0.2) is 13.2 Å². The molecule has 7 nitrogen and oxygen atoms in total. The first-order chi connectivity index (χ1) is 18.2. The molecule has 10 heteroatoms. The quantitative estimate of drug-likeness (QED) is 0.524. The van der Waals surface area contributed by atoms with Gasteiger partial charge in [0.15, 0.2) is 11.4 Å². The standard InChI is InChI=1S/C28H26F3N3O4/c1-28(31)10-5-11-33-15-22(28)34-14-20(26(36)32-13-18-8-9-19(29)12-21(18)30)24(35)25(23(34)27(33)37)38-16-17-6-3-2-4-7-17/h2-4,6-9,12,14,22H,5,10-11,13,15-16H2,1H3,(H,32,36)/t22?,28-/m1/s1. The molecule has 3 heterocycles. The van der Waals surface area contributed by atoms with E-state index in [1.54, 1.807) is 24.3 Å². The number of nitrogens with zero attached hydrogens (tertiary/aromatic N) is 2. The van der Waals surface area contributed by atoms with Crippen LogP contribution < -0.4 is 15.5 Å². The Morgan fingerprint density at radius 2 is 1.92 bits per heavy atom. The zero-order chi connectivity index (χ0) is 27.0. The van der Waals surface area contributed by atoms with Gasteiger partial charge in [-0.05, 0) is 31.4 Å². The van der Waals surface area contributed by atoms with E-state index in [0.717, 1.165) is 11.6 Å².